The molecule has 1 aromatic heterocycles. The van der Waals surface area contributed by atoms with E-state index >= 15 is 0 Å². The van der Waals surface area contributed by atoms with Crippen LogP contribution in [0, 0.1) is 6.92 Å². The molecule has 220 valence electrons. The molecule has 5 rings (SSSR count). The van der Waals surface area contributed by atoms with Gasteiger partial charge in [0.15, 0.2) is 0 Å². The number of rotatable bonds is 9. The van der Waals surface area contributed by atoms with Gasteiger partial charge in [0, 0.05) is 11.4 Å². The molecule has 0 unspecified atom stereocenters. The Morgan fingerprint density at radius 2 is 1.60 bits per heavy atom. The zero-order valence-corrected chi connectivity index (χ0v) is 23.5. The molecule has 0 bridgehead atoms. The maximum absolute atomic E-state index is 13.3. The quantitative estimate of drug-likeness (QED) is 0.102. The van der Waals surface area contributed by atoms with Crippen molar-refractivity contribution in [3.63, 3.8) is 0 Å². The average molecular weight is 610 g/mol. The molecule has 0 aliphatic rings. The highest BCUT2D eigenvalue weighted by molar-refractivity contribution is 7.97. The van der Waals surface area contributed by atoms with Gasteiger partial charge in [-0.25, -0.2) is 9.10 Å². The summed E-state index contributed by atoms with van der Waals surface area (Å²) >= 11 is 1.42. The number of carboxylic acids is 1. The van der Waals surface area contributed by atoms with Gasteiger partial charge in [0.2, 0.25) is 5.76 Å². The van der Waals surface area contributed by atoms with Gasteiger partial charge < -0.3 is 9.52 Å². The van der Waals surface area contributed by atoms with Gasteiger partial charge in [0.1, 0.15) is 11.3 Å². The third-order valence-electron chi connectivity index (χ3n) is 6.77. The number of nitrogens with zero attached hydrogens (tertiary/aromatic N) is 1. The van der Waals surface area contributed by atoms with Gasteiger partial charge in [-0.05, 0) is 75.7 Å². The summed E-state index contributed by atoms with van der Waals surface area (Å²) < 4.78 is 73.2. The molecule has 0 atom stereocenters. The van der Waals surface area contributed by atoms with Crippen LogP contribution in [0.25, 0.3) is 27.5 Å². The van der Waals surface area contributed by atoms with Crippen LogP contribution in [0.5, 0.6) is 0 Å². The molecule has 0 aliphatic heterocycles. The number of halogens is 5. The lowest BCUT2D eigenvalue weighted by Gasteiger charge is -2.22. The standard InChI is InChI=1S/C33H24F5NO3S/c1-20-9-12-23-5-2-3-8-27(23)30(20)43-39(19-26-15-16-28(42-26)33(36,37)38)18-21-10-13-22(14-11-21)24-6-4-7-25(17-24)29(31(34)35)32(40)41/h2-17H,18-19H2,1H3,(H,40,41). The van der Waals surface area contributed by atoms with E-state index in [1.165, 1.54) is 36.2 Å². The van der Waals surface area contributed by atoms with Crippen LogP contribution in [0.3, 0.4) is 0 Å². The van der Waals surface area contributed by atoms with Crippen LogP contribution >= 0.6 is 11.9 Å². The molecule has 0 amide bonds. The second-order valence-electron chi connectivity index (χ2n) is 9.80. The fraction of sp³-hybridized carbons (Fsp3) is 0.121. The number of hydrogen-bond donors (Lipinski definition) is 1. The number of benzene rings is 4. The van der Waals surface area contributed by atoms with Crippen molar-refractivity contribution < 1.29 is 36.3 Å². The Balaban J connectivity index is 1.44. The minimum atomic E-state index is -4.59. The van der Waals surface area contributed by atoms with Crippen LogP contribution in [-0.2, 0) is 24.1 Å². The molecule has 0 saturated heterocycles. The third kappa shape index (κ3) is 6.98. The van der Waals surface area contributed by atoms with Crippen molar-refractivity contribution >= 4 is 34.3 Å². The highest BCUT2D eigenvalue weighted by Gasteiger charge is 2.35. The zero-order chi connectivity index (χ0) is 30.7. The molecule has 0 radical (unpaired) electrons. The van der Waals surface area contributed by atoms with Crippen molar-refractivity contribution in [2.75, 3.05) is 0 Å². The minimum absolute atomic E-state index is 0.0896. The van der Waals surface area contributed by atoms with Crippen molar-refractivity contribution in [2.45, 2.75) is 31.1 Å². The summed E-state index contributed by atoms with van der Waals surface area (Å²) in [5.74, 6) is -2.62. The Labute approximate surface area is 248 Å². The monoisotopic (exact) mass is 609 g/mol. The summed E-state index contributed by atoms with van der Waals surface area (Å²) in [6.07, 6.45) is -6.87. The van der Waals surface area contributed by atoms with E-state index in [4.69, 9.17) is 4.42 Å². The van der Waals surface area contributed by atoms with Crippen molar-refractivity contribution in [1.82, 2.24) is 4.31 Å². The first-order valence-electron chi connectivity index (χ1n) is 13.0. The number of alkyl halides is 3. The fourth-order valence-corrected chi connectivity index (χ4v) is 5.85. The second-order valence-corrected chi connectivity index (χ2v) is 10.9. The predicted molar refractivity (Wildman–Crippen MR) is 156 cm³/mol. The van der Waals surface area contributed by atoms with Crippen LogP contribution in [-0.4, -0.2) is 15.4 Å². The van der Waals surface area contributed by atoms with Crippen molar-refractivity contribution in [3.05, 3.63) is 131 Å². The van der Waals surface area contributed by atoms with E-state index < -0.39 is 29.6 Å². The highest BCUT2D eigenvalue weighted by Crippen LogP contribution is 2.37. The van der Waals surface area contributed by atoms with E-state index in [2.05, 4.69) is 0 Å². The highest BCUT2D eigenvalue weighted by atomic mass is 32.2. The summed E-state index contributed by atoms with van der Waals surface area (Å²) in [5.41, 5.74) is 1.92. The number of fused-ring (bicyclic) bond motifs is 1. The van der Waals surface area contributed by atoms with Gasteiger partial charge in [-0.3, -0.25) is 0 Å². The molecule has 10 heteroatoms. The van der Waals surface area contributed by atoms with Crippen LogP contribution < -0.4 is 0 Å². The third-order valence-corrected chi connectivity index (χ3v) is 8.01. The number of aryl methyl sites for hydroxylation is 1. The largest absolute Gasteiger partial charge is 0.477 e. The molecule has 43 heavy (non-hydrogen) atoms. The van der Waals surface area contributed by atoms with Crippen molar-refractivity contribution in [1.29, 1.82) is 0 Å². The van der Waals surface area contributed by atoms with E-state index in [-0.39, 0.29) is 17.9 Å². The van der Waals surface area contributed by atoms with Gasteiger partial charge >= 0.3 is 12.1 Å². The number of furan rings is 1. The van der Waals surface area contributed by atoms with Crippen molar-refractivity contribution in [2.24, 2.45) is 0 Å². The smallest absolute Gasteiger partial charge is 0.449 e. The lowest BCUT2D eigenvalue weighted by Crippen LogP contribution is -2.15. The SMILES string of the molecule is Cc1ccc2ccccc2c1SN(Cc1ccc(-c2cccc(C(C(=O)O)=C(F)F)c2)cc1)Cc1ccc(C(F)(F)F)o1. The molecule has 0 aliphatic carbocycles. The van der Waals surface area contributed by atoms with E-state index in [9.17, 15) is 31.9 Å². The Morgan fingerprint density at radius 3 is 2.28 bits per heavy atom. The first-order valence-corrected chi connectivity index (χ1v) is 13.8. The molecule has 1 heterocycles. The Morgan fingerprint density at radius 1 is 0.860 bits per heavy atom. The molecular formula is C33H24F5NO3S. The normalized spacial score (nSPS) is 11.7. The van der Waals surface area contributed by atoms with Gasteiger partial charge in [-0.15, -0.1) is 0 Å². The van der Waals surface area contributed by atoms with E-state index in [0.29, 0.717) is 17.7 Å². The molecule has 5 aromatic rings. The van der Waals surface area contributed by atoms with Crippen molar-refractivity contribution in [3.8, 4) is 11.1 Å². The molecule has 0 spiro atoms. The Bertz CT molecular complexity index is 1810. The Kier molecular flexibility index (Phi) is 8.70. The molecule has 4 nitrogen and oxygen atoms in total. The number of aliphatic carboxylic acids is 1. The van der Waals surface area contributed by atoms with E-state index in [1.807, 2.05) is 59.8 Å². The first kappa shape index (κ1) is 30.1. The van der Waals surface area contributed by atoms with E-state index in [1.54, 1.807) is 18.2 Å². The summed E-state index contributed by atoms with van der Waals surface area (Å²) in [6, 6.07) is 27.3. The average Bonchev–Trinajstić information content (AvgIpc) is 3.44. The molecule has 0 fully saturated rings. The summed E-state index contributed by atoms with van der Waals surface area (Å²) in [5, 5.41) is 11.3. The lowest BCUT2D eigenvalue weighted by molar-refractivity contribution is -0.153. The van der Waals surface area contributed by atoms with Gasteiger partial charge in [0.05, 0.1) is 6.54 Å². The van der Waals surface area contributed by atoms with Crippen LogP contribution in [0.1, 0.15) is 28.2 Å². The predicted octanol–water partition coefficient (Wildman–Crippen LogP) is 9.83. The second kappa shape index (κ2) is 12.4. The minimum Gasteiger partial charge on any atom is -0.477 e. The van der Waals surface area contributed by atoms with E-state index in [0.717, 1.165) is 32.9 Å². The number of hydrogen-bond acceptors (Lipinski definition) is 4. The summed E-state index contributed by atoms with van der Waals surface area (Å²) in [6.45, 7) is 2.41. The lowest BCUT2D eigenvalue weighted by atomic mass is 9.99. The number of carbonyl (C=O) groups is 1. The Hall–Kier alpha value is -4.41. The van der Waals surface area contributed by atoms with Gasteiger partial charge in [0.25, 0.3) is 6.08 Å². The van der Waals surface area contributed by atoms with Gasteiger partial charge in [-0.2, -0.15) is 22.0 Å². The molecule has 4 aromatic carbocycles. The maximum Gasteiger partial charge on any atom is 0.449 e. The topological polar surface area (TPSA) is 53.7 Å². The van der Waals surface area contributed by atoms with Crippen LogP contribution in [0.4, 0.5) is 22.0 Å². The summed E-state index contributed by atoms with van der Waals surface area (Å²) in [4.78, 5) is 12.3. The van der Waals surface area contributed by atoms with Crippen LogP contribution in [0.2, 0.25) is 0 Å². The first-order chi connectivity index (χ1) is 20.5. The van der Waals surface area contributed by atoms with Crippen LogP contribution in [0.15, 0.2) is 112 Å². The molecular weight excluding hydrogens is 585 g/mol. The number of carboxylic acid groups (broad SMARTS) is 1. The fourth-order valence-electron chi connectivity index (χ4n) is 4.69. The maximum atomic E-state index is 13.3. The zero-order valence-electron chi connectivity index (χ0n) is 22.7. The molecule has 1 N–H and O–H groups in total. The van der Waals surface area contributed by atoms with Gasteiger partial charge in [-0.1, -0.05) is 78.9 Å². The summed E-state index contributed by atoms with van der Waals surface area (Å²) in [7, 11) is 0. The molecule has 0 saturated carbocycles.